The van der Waals surface area contributed by atoms with Crippen LogP contribution in [0.1, 0.15) is 33.5 Å². The maximum absolute atomic E-state index is 12.3. The van der Waals surface area contributed by atoms with Crippen molar-refractivity contribution in [2.45, 2.75) is 45.4 Å². The largest absolute Gasteiger partial charge is 0.371 e. The van der Waals surface area contributed by atoms with E-state index in [1.807, 2.05) is 27.7 Å². The van der Waals surface area contributed by atoms with E-state index in [9.17, 15) is 9.90 Å². The van der Waals surface area contributed by atoms with Gasteiger partial charge in [0.25, 0.3) is 0 Å². The summed E-state index contributed by atoms with van der Waals surface area (Å²) in [4.78, 5) is 15.1. The number of alkyl halides is 1. The lowest BCUT2D eigenvalue weighted by Crippen LogP contribution is -2.37. The number of urea groups is 1. The topological polar surface area (TPSA) is 69.8 Å². The van der Waals surface area contributed by atoms with E-state index in [1.165, 1.54) is 4.90 Å². The van der Waals surface area contributed by atoms with Crippen LogP contribution >= 0.6 is 11.6 Å². The highest BCUT2D eigenvalue weighted by Gasteiger charge is 2.40. The van der Waals surface area contributed by atoms with Gasteiger partial charge in [-0.2, -0.15) is 0 Å². The van der Waals surface area contributed by atoms with Crippen LogP contribution in [-0.4, -0.2) is 45.9 Å². The number of rotatable bonds is 4. The standard InChI is InChI=1S/C13H20ClN3O3/c1-8(2)16-6-11(18)17(12(16)19)10-5-9(20-15-10)13(3,4)7-14/h5,8,11,18H,6-7H2,1-4H3. The molecule has 2 amide bonds. The van der Waals surface area contributed by atoms with Crippen molar-refractivity contribution in [3.05, 3.63) is 11.8 Å². The number of carbonyl (C=O) groups is 1. The monoisotopic (exact) mass is 301 g/mol. The molecule has 1 aliphatic heterocycles. The summed E-state index contributed by atoms with van der Waals surface area (Å²) in [6.07, 6.45) is -0.915. The molecular weight excluding hydrogens is 282 g/mol. The third-order valence-corrected chi connectivity index (χ3v) is 4.15. The first-order valence-corrected chi connectivity index (χ1v) is 7.12. The number of nitrogens with zero attached hydrogens (tertiary/aromatic N) is 3. The van der Waals surface area contributed by atoms with Crippen molar-refractivity contribution in [1.29, 1.82) is 0 Å². The molecule has 1 aromatic heterocycles. The van der Waals surface area contributed by atoms with Gasteiger partial charge >= 0.3 is 6.03 Å². The van der Waals surface area contributed by atoms with E-state index in [1.54, 1.807) is 11.0 Å². The van der Waals surface area contributed by atoms with Crippen molar-refractivity contribution in [2.75, 3.05) is 17.3 Å². The predicted octanol–water partition coefficient (Wildman–Crippen LogP) is 2.16. The van der Waals surface area contributed by atoms with Crippen LogP contribution in [-0.2, 0) is 5.41 Å². The van der Waals surface area contributed by atoms with Gasteiger partial charge < -0.3 is 14.5 Å². The highest BCUT2D eigenvalue weighted by molar-refractivity contribution is 6.18. The van der Waals surface area contributed by atoms with Crippen molar-refractivity contribution in [2.24, 2.45) is 0 Å². The second kappa shape index (κ2) is 5.26. The molecule has 1 N–H and O–H groups in total. The number of halogens is 1. The summed E-state index contributed by atoms with van der Waals surface area (Å²) in [5, 5.41) is 13.9. The van der Waals surface area contributed by atoms with Crippen LogP contribution in [0.5, 0.6) is 0 Å². The molecule has 7 heteroatoms. The van der Waals surface area contributed by atoms with Gasteiger partial charge in [0.05, 0.1) is 6.54 Å². The molecule has 1 saturated heterocycles. The smallest absolute Gasteiger partial charge is 0.328 e. The van der Waals surface area contributed by atoms with E-state index in [-0.39, 0.29) is 24.0 Å². The number of anilines is 1. The lowest BCUT2D eigenvalue weighted by Gasteiger charge is -2.20. The van der Waals surface area contributed by atoms with Crippen LogP contribution < -0.4 is 4.90 Å². The van der Waals surface area contributed by atoms with Crippen LogP contribution in [0, 0.1) is 0 Å². The highest BCUT2D eigenvalue weighted by Crippen LogP contribution is 2.30. The van der Waals surface area contributed by atoms with E-state index >= 15 is 0 Å². The number of carbonyl (C=O) groups excluding carboxylic acids is 1. The molecule has 1 unspecified atom stereocenters. The minimum absolute atomic E-state index is 0.0211. The summed E-state index contributed by atoms with van der Waals surface area (Å²) in [5.41, 5.74) is -0.377. The van der Waals surface area contributed by atoms with Gasteiger partial charge in [0, 0.05) is 23.4 Å². The summed E-state index contributed by atoms with van der Waals surface area (Å²) >= 11 is 5.89. The highest BCUT2D eigenvalue weighted by atomic mass is 35.5. The Kier molecular flexibility index (Phi) is 3.97. The number of hydrogen-bond acceptors (Lipinski definition) is 4. The van der Waals surface area contributed by atoms with Crippen molar-refractivity contribution in [3.8, 4) is 0 Å². The molecule has 1 fully saturated rings. The zero-order valence-corrected chi connectivity index (χ0v) is 12.9. The number of amides is 2. The quantitative estimate of drug-likeness (QED) is 0.865. The fraction of sp³-hybridized carbons (Fsp3) is 0.692. The van der Waals surface area contributed by atoms with E-state index in [0.29, 0.717) is 17.5 Å². The summed E-state index contributed by atoms with van der Waals surface area (Å²) in [6, 6.07) is 1.41. The number of aliphatic hydroxyl groups excluding tert-OH is 1. The molecule has 6 nitrogen and oxygen atoms in total. The zero-order chi connectivity index (χ0) is 15.1. The molecule has 112 valence electrons. The fourth-order valence-electron chi connectivity index (χ4n) is 2.05. The predicted molar refractivity (Wildman–Crippen MR) is 76.0 cm³/mol. The van der Waals surface area contributed by atoms with Gasteiger partial charge in [0.2, 0.25) is 0 Å². The van der Waals surface area contributed by atoms with Gasteiger partial charge in [0.1, 0.15) is 5.76 Å². The zero-order valence-electron chi connectivity index (χ0n) is 12.1. The van der Waals surface area contributed by atoms with Crippen LogP contribution in [0.2, 0.25) is 0 Å². The molecule has 1 aromatic rings. The van der Waals surface area contributed by atoms with E-state index < -0.39 is 6.23 Å². The molecule has 0 bridgehead atoms. The van der Waals surface area contributed by atoms with Crippen molar-refractivity contribution in [3.63, 3.8) is 0 Å². The van der Waals surface area contributed by atoms with E-state index in [4.69, 9.17) is 16.1 Å². The maximum atomic E-state index is 12.3. The molecule has 2 heterocycles. The molecule has 0 aliphatic carbocycles. The summed E-state index contributed by atoms with van der Waals surface area (Å²) < 4.78 is 5.27. The SMILES string of the molecule is CC(C)N1CC(O)N(c2cc(C(C)(C)CCl)on2)C1=O. The first kappa shape index (κ1) is 15.1. The third-order valence-electron chi connectivity index (χ3n) is 3.48. The Morgan fingerprint density at radius 1 is 1.60 bits per heavy atom. The Hall–Kier alpha value is -1.27. The van der Waals surface area contributed by atoms with Gasteiger partial charge in [-0.1, -0.05) is 19.0 Å². The van der Waals surface area contributed by atoms with Crippen molar-refractivity contribution < 1.29 is 14.4 Å². The van der Waals surface area contributed by atoms with E-state index in [0.717, 1.165) is 0 Å². The molecule has 20 heavy (non-hydrogen) atoms. The Balaban J connectivity index is 2.27. The second-order valence-electron chi connectivity index (χ2n) is 5.95. The molecule has 1 aliphatic rings. The molecule has 0 aromatic carbocycles. The third kappa shape index (κ3) is 2.50. The van der Waals surface area contributed by atoms with Crippen molar-refractivity contribution >= 4 is 23.4 Å². The van der Waals surface area contributed by atoms with Crippen LogP contribution in [0.4, 0.5) is 10.6 Å². The fourth-order valence-corrected chi connectivity index (χ4v) is 2.18. The number of aliphatic hydroxyl groups is 1. The lowest BCUT2D eigenvalue weighted by molar-refractivity contribution is 0.166. The van der Waals surface area contributed by atoms with Gasteiger partial charge in [0.15, 0.2) is 12.0 Å². The molecule has 0 spiro atoms. The summed E-state index contributed by atoms with van der Waals surface area (Å²) in [6.45, 7) is 7.91. The lowest BCUT2D eigenvalue weighted by atomic mass is 9.93. The average Bonchev–Trinajstić information content (AvgIpc) is 2.95. The number of aromatic nitrogens is 1. The Morgan fingerprint density at radius 3 is 2.75 bits per heavy atom. The molecular formula is C13H20ClN3O3. The second-order valence-corrected chi connectivity index (χ2v) is 6.21. The number of β-amino-alcohol motifs (C(OH)–C–C–N with tert-alkyl or cyclic N) is 1. The van der Waals surface area contributed by atoms with Gasteiger partial charge in [-0.15, -0.1) is 11.6 Å². The van der Waals surface area contributed by atoms with Gasteiger partial charge in [-0.25, -0.2) is 9.69 Å². The Morgan fingerprint density at radius 2 is 2.25 bits per heavy atom. The van der Waals surface area contributed by atoms with Gasteiger partial charge in [-0.3, -0.25) is 0 Å². The van der Waals surface area contributed by atoms with E-state index in [2.05, 4.69) is 5.16 Å². The first-order chi connectivity index (χ1) is 9.27. The van der Waals surface area contributed by atoms with Crippen LogP contribution in [0.25, 0.3) is 0 Å². The summed E-state index contributed by atoms with van der Waals surface area (Å²) in [7, 11) is 0. The van der Waals surface area contributed by atoms with Crippen molar-refractivity contribution in [1.82, 2.24) is 10.1 Å². The van der Waals surface area contributed by atoms with Crippen LogP contribution in [0.15, 0.2) is 10.6 Å². The molecule has 0 saturated carbocycles. The van der Waals surface area contributed by atoms with Crippen LogP contribution in [0.3, 0.4) is 0 Å². The minimum Gasteiger partial charge on any atom is -0.371 e. The Labute approximate surface area is 123 Å². The number of hydrogen-bond donors (Lipinski definition) is 1. The normalized spacial score (nSPS) is 20.4. The maximum Gasteiger partial charge on any atom is 0.328 e. The summed E-state index contributed by atoms with van der Waals surface area (Å²) in [5.74, 6) is 1.28. The average molecular weight is 302 g/mol. The first-order valence-electron chi connectivity index (χ1n) is 6.59. The minimum atomic E-state index is -0.915. The van der Waals surface area contributed by atoms with Gasteiger partial charge in [-0.05, 0) is 13.8 Å². The Bertz CT molecular complexity index is 501. The molecule has 2 rings (SSSR count). The molecule has 0 radical (unpaired) electrons. The molecule has 1 atom stereocenters.